The first-order valence-corrected chi connectivity index (χ1v) is 6.35. The second kappa shape index (κ2) is 4.88. The van der Waals surface area contributed by atoms with Crippen LogP contribution in [0.3, 0.4) is 0 Å². The summed E-state index contributed by atoms with van der Waals surface area (Å²) in [6.45, 7) is 0. The van der Waals surface area contributed by atoms with Crippen molar-refractivity contribution in [2.75, 3.05) is 5.73 Å². The molecule has 1 aliphatic carbocycles. The van der Waals surface area contributed by atoms with E-state index >= 15 is 0 Å². The molecule has 0 atom stereocenters. The number of halogens is 1. The van der Waals surface area contributed by atoms with Crippen LogP contribution >= 0.6 is 11.8 Å². The van der Waals surface area contributed by atoms with E-state index in [0.717, 1.165) is 4.90 Å². The first kappa shape index (κ1) is 10.8. The van der Waals surface area contributed by atoms with Crippen molar-refractivity contribution in [1.82, 2.24) is 0 Å². The molecular formula is C12H16FNS. The van der Waals surface area contributed by atoms with E-state index in [9.17, 15) is 4.39 Å². The number of anilines is 1. The number of benzene rings is 1. The predicted molar refractivity (Wildman–Crippen MR) is 63.5 cm³/mol. The Morgan fingerprint density at radius 1 is 1.13 bits per heavy atom. The van der Waals surface area contributed by atoms with Crippen LogP contribution in [-0.2, 0) is 0 Å². The van der Waals surface area contributed by atoms with Crippen molar-refractivity contribution in [3.05, 3.63) is 24.0 Å². The van der Waals surface area contributed by atoms with Crippen LogP contribution in [0.25, 0.3) is 0 Å². The maximum atomic E-state index is 13.1. The van der Waals surface area contributed by atoms with Crippen molar-refractivity contribution < 1.29 is 4.39 Å². The molecule has 0 spiro atoms. The summed E-state index contributed by atoms with van der Waals surface area (Å²) in [5.41, 5.74) is 6.13. The van der Waals surface area contributed by atoms with Gasteiger partial charge >= 0.3 is 0 Å². The van der Waals surface area contributed by atoms with Gasteiger partial charge in [0.05, 0.1) is 0 Å². The van der Waals surface area contributed by atoms with Crippen molar-refractivity contribution in [3.8, 4) is 0 Å². The zero-order chi connectivity index (χ0) is 10.7. The van der Waals surface area contributed by atoms with Gasteiger partial charge in [-0.3, -0.25) is 0 Å². The van der Waals surface area contributed by atoms with Crippen LogP contribution in [0.2, 0.25) is 0 Å². The van der Waals surface area contributed by atoms with Crippen LogP contribution in [0.15, 0.2) is 23.1 Å². The first-order valence-electron chi connectivity index (χ1n) is 5.47. The molecule has 2 rings (SSSR count). The summed E-state index contributed by atoms with van der Waals surface area (Å²) in [5, 5.41) is 0.653. The average Bonchev–Trinajstić information content (AvgIpc) is 2.17. The van der Waals surface area contributed by atoms with Crippen LogP contribution in [0.4, 0.5) is 10.1 Å². The molecule has 1 saturated carbocycles. The van der Waals surface area contributed by atoms with E-state index in [-0.39, 0.29) is 5.82 Å². The van der Waals surface area contributed by atoms with Crippen LogP contribution in [0, 0.1) is 5.82 Å². The molecule has 1 nitrogen and oxygen atoms in total. The van der Waals surface area contributed by atoms with Crippen LogP contribution in [0.1, 0.15) is 32.1 Å². The van der Waals surface area contributed by atoms with Crippen molar-refractivity contribution in [2.45, 2.75) is 42.2 Å². The highest BCUT2D eigenvalue weighted by atomic mass is 32.2. The van der Waals surface area contributed by atoms with Crippen molar-refractivity contribution >= 4 is 17.4 Å². The first-order chi connectivity index (χ1) is 7.24. The molecule has 82 valence electrons. The lowest BCUT2D eigenvalue weighted by Crippen LogP contribution is -2.07. The van der Waals surface area contributed by atoms with Gasteiger partial charge in [0.15, 0.2) is 0 Å². The highest BCUT2D eigenvalue weighted by molar-refractivity contribution is 8.00. The molecule has 1 aromatic carbocycles. The van der Waals surface area contributed by atoms with Gasteiger partial charge in [0.1, 0.15) is 5.82 Å². The lowest BCUT2D eigenvalue weighted by molar-refractivity contribution is 0.516. The van der Waals surface area contributed by atoms with E-state index in [1.807, 2.05) is 6.07 Å². The molecule has 0 heterocycles. The minimum absolute atomic E-state index is 0.228. The number of rotatable bonds is 2. The van der Waals surface area contributed by atoms with Gasteiger partial charge in [-0.05, 0) is 31.0 Å². The van der Waals surface area contributed by atoms with E-state index in [4.69, 9.17) is 5.73 Å². The van der Waals surface area contributed by atoms with Crippen molar-refractivity contribution in [3.63, 3.8) is 0 Å². The third-order valence-corrected chi connectivity index (χ3v) is 4.06. The minimum Gasteiger partial charge on any atom is -0.399 e. The van der Waals surface area contributed by atoms with Gasteiger partial charge in [-0.15, -0.1) is 11.8 Å². The molecule has 0 aliphatic heterocycles. The largest absolute Gasteiger partial charge is 0.399 e. The number of hydrogen-bond acceptors (Lipinski definition) is 2. The van der Waals surface area contributed by atoms with Gasteiger partial charge in [-0.1, -0.05) is 19.3 Å². The molecule has 0 saturated heterocycles. The fourth-order valence-corrected chi connectivity index (χ4v) is 3.37. The summed E-state index contributed by atoms with van der Waals surface area (Å²) < 4.78 is 13.1. The molecule has 0 aromatic heterocycles. The summed E-state index contributed by atoms with van der Waals surface area (Å²) in [4.78, 5) is 0.972. The van der Waals surface area contributed by atoms with E-state index in [1.54, 1.807) is 17.8 Å². The topological polar surface area (TPSA) is 26.0 Å². The maximum Gasteiger partial charge on any atom is 0.126 e. The number of nitrogens with two attached hydrogens (primary N) is 1. The molecule has 0 radical (unpaired) electrons. The molecular weight excluding hydrogens is 209 g/mol. The third kappa shape index (κ3) is 3.13. The number of nitrogen functional groups attached to an aromatic ring is 1. The van der Waals surface area contributed by atoms with E-state index in [1.165, 1.54) is 38.2 Å². The Morgan fingerprint density at radius 3 is 2.53 bits per heavy atom. The summed E-state index contributed by atoms with van der Waals surface area (Å²) in [6.07, 6.45) is 6.47. The molecule has 1 aliphatic rings. The van der Waals surface area contributed by atoms with Gasteiger partial charge in [0, 0.05) is 15.8 Å². The minimum atomic E-state index is -0.228. The quantitative estimate of drug-likeness (QED) is 0.774. The summed E-state index contributed by atoms with van der Waals surface area (Å²) in [6, 6.07) is 4.81. The Bertz CT molecular complexity index is 314. The standard InChI is InChI=1S/C12H16FNS/c13-9-6-10(14)8-12(7-9)15-11-4-2-1-3-5-11/h6-8,11H,1-5,14H2. The fourth-order valence-electron chi connectivity index (χ4n) is 2.03. The molecule has 0 amide bonds. The van der Waals surface area contributed by atoms with Crippen molar-refractivity contribution in [1.29, 1.82) is 0 Å². The molecule has 1 fully saturated rings. The lowest BCUT2D eigenvalue weighted by Gasteiger charge is -2.20. The molecule has 1 aromatic rings. The van der Waals surface area contributed by atoms with E-state index < -0.39 is 0 Å². The van der Waals surface area contributed by atoms with Crippen LogP contribution in [-0.4, -0.2) is 5.25 Å². The Kier molecular flexibility index (Phi) is 3.52. The second-order valence-electron chi connectivity index (χ2n) is 4.10. The Labute approximate surface area is 94.2 Å². The van der Waals surface area contributed by atoms with Gasteiger partial charge in [0.25, 0.3) is 0 Å². The van der Waals surface area contributed by atoms with Crippen molar-refractivity contribution in [2.24, 2.45) is 0 Å². The predicted octanol–water partition coefficient (Wildman–Crippen LogP) is 3.83. The Morgan fingerprint density at radius 2 is 1.87 bits per heavy atom. The van der Waals surface area contributed by atoms with E-state index in [2.05, 4.69) is 0 Å². The highest BCUT2D eigenvalue weighted by Gasteiger charge is 2.14. The number of thioether (sulfide) groups is 1. The van der Waals surface area contributed by atoms with Crippen LogP contribution in [0.5, 0.6) is 0 Å². The highest BCUT2D eigenvalue weighted by Crippen LogP contribution is 2.34. The summed E-state index contributed by atoms with van der Waals surface area (Å²) in [5.74, 6) is -0.228. The molecule has 3 heteroatoms. The Balaban J connectivity index is 2.02. The molecule has 0 bridgehead atoms. The van der Waals surface area contributed by atoms with E-state index in [0.29, 0.717) is 10.9 Å². The normalized spacial score (nSPS) is 17.9. The van der Waals surface area contributed by atoms with Gasteiger partial charge < -0.3 is 5.73 Å². The van der Waals surface area contributed by atoms with Gasteiger partial charge in [-0.25, -0.2) is 4.39 Å². The van der Waals surface area contributed by atoms with Crippen LogP contribution < -0.4 is 5.73 Å². The van der Waals surface area contributed by atoms with Gasteiger partial charge in [0.2, 0.25) is 0 Å². The Hall–Kier alpha value is -0.700. The monoisotopic (exact) mass is 225 g/mol. The molecule has 15 heavy (non-hydrogen) atoms. The smallest absolute Gasteiger partial charge is 0.126 e. The third-order valence-electron chi connectivity index (χ3n) is 2.75. The molecule has 2 N–H and O–H groups in total. The summed E-state index contributed by atoms with van der Waals surface area (Å²) in [7, 11) is 0. The zero-order valence-corrected chi connectivity index (χ0v) is 9.52. The molecule has 0 unspecified atom stereocenters. The van der Waals surface area contributed by atoms with Gasteiger partial charge in [-0.2, -0.15) is 0 Å². The second-order valence-corrected chi connectivity index (χ2v) is 5.47. The number of hydrogen-bond donors (Lipinski definition) is 1. The summed E-state index contributed by atoms with van der Waals surface area (Å²) >= 11 is 1.77. The fraction of sp³-hybridized carbons (Fsp3) is 0.500. The zero-order valence-electron chi connectivity index (χ0n) is 8.71. The average molecular weight is 225 g/mol. The maximum absolute atomic E-state index is 13.1. The SMILES string of the molecule is Nc1cc(F)cc(SC2CCCCC2)c1. The lowest BCUT2D eigenvalue weighted by atomic mass is 10.0.